The molecular formula is C15H17BrN2O. The molecule has 4 heteroatoms. The lowest BCUT2D eigenvalue weighted by Gasteiger charge is -2.12. The number of amides is 1. The van der Waals surface area contributed by atoms with Gasteiger partial charge in [0, 0.05) is 27.6 Å². The van der Waals surface area contributed by atoms with Crippen LogP contribution in [0.4, 0.5) is 0 Å². The van der Waals surface area contributed by atoms with E-state index in [1.54, 1.807) is 0 Å². The molecule has 0 atom stereocenters. The van der Waals surface area contributed by atoms with Crippen LogP contribution in [0.3, 0.4) is 0 Å². The molecule has 0 radical (unpaired) electrons. The molecule has 3 rings (SSSR count). The normalized spacial score (nSPS) is 16.1. The van der Waals surface area contributed by atoms with E-state index in [2.05, 4.69) is 27.3 Å². The number of benzene rings is 1. The number of hydrogen-bond acceptors (Lipinski definition) is 1. The smallest absolute Gasteiger partial charge is 0.240 e. The van der Waals surface area contributed by atoms with Gasteiger partial charge in [0.05, 0.1) is 0 Å². The fraction of sp³-hybridized carbons (Fsp3) is 0.400. The molecule has 1 aliphatic carbocycles. The van der Waals surface area contributed by atoms with Crippen LogP contribution in [-0.4, -0.2) is 16.5 Å². The van der Waals surface area contributed by atoms with Gasteiger partial charge in [0.15, 0.2) is 0 Å². The van der Waals surface area contributed by atoms with Crippen molar-refractivity contribution < 1.29 is 4.79 Å². The van der Waals surface area contributed by atoms with E-state index in [1.807, 2.05) is 29.0 Å². The highest BCUT2D eigenvalue weighted by Gasteiger charge is 2.17. The third-order valence-electron chi connectivity index (χ3n) is 3.77. The number of carbonyl (C=O) groups is 1. The first-order valence-electron chi connectivity index (χ1n) is 6.76. The predicted molar refractivity (Wildman–Crippen MR) is 80.0 cm³/mol. The molecule has 1 fully saturated rings. The van der Waals surface area contributed by atoms with Crippen LogP contribution in [0.25, 0.3) is 10.9 Å². The zero-order valence-electron chi connectivity index (χ0n) is 10.7. The molecule has 1 amide bonds. The van der Waals surface area contributed by atoms with Crippen LogP contribution >= 0.6 is 15.9 Å². The Labute approximate surface area is 121 Å². The average molecular weight is 321 g/mol. The first kappa shape index (κ1) is 12.7. The second-order valence-corrected chi connectivity index (χ2v) is 6.11. The maximum Gasteiger partial charge on any atom is 0.240 e. The third-order valence-corrected chi connectivity index (χ3v) is 4.26. The second-order valence-electron chi connectivity index (χ2n) is 5.20. The fourth-order valence-corrected chi connectivity index (χ4v) is 3.19. The summed E-state index contributed by atoms with van der Waals surface area (Å²) < 4.78 is 3.07. The molecular weight excluding hydrogens is 304 g/mol. The molecule has 1 N–H and O–H groups in total. The van der Waals surface area contributed by atoms with Crippen molar-refractivity contribution in [3.63, 3.8) is 0 Å². The first-order chi connectivity index (χ1) is 9.22. The Bertz CT molecular complexity index is 599. The largest absolute Gasteiger partial charge is 0.352 e. The number of rotatable bonds is 3. The maximum atomic E-state index is 12.0. The lowest BCUT2D eigenvalue weighted by Crippen LogP contribution is -2.35. The standard InChI is InChI=1S/C15H17BrN2O/c16-12-5-6-14-11(9-12)7-8-18(14)10-15(19)17-13-3-1-2-4-13/h5-9,13H,1-4,10H2,(H,17,19). The summed E-state index contributed by atoms with van der Waals surface area (Å²) in [6.07, 6.45) is 6.72. The number of nitrogens with one attached hydrogen (secondary N) is 1. The summed E-state index contributed by atoms with van der Waals surface area (Å²) >= 11 is 3.46. The van der Waals surface area contributed by atoms with Crippen LogP contribution in [0, 0.1) is 0 Å². The Morgan fingerprint density at radius 2 is 2.11 bits per heavy atom. The van der Waals surface area contributed by atoms with Gasteiger partial charge in [0.25, 0.3) is 0 Å². The number of fused-ring (bicyclic) bond motifs is 1. The monoisotopic (exact) mass is 320 g/mol. The summed E-state index contributed by atoms with van der Waals surface area (Å²) in [7, 11) is 0. The SMILES string of the molecule is O=C(Cn1ccc2cc(Br)ccc21)NC1CCCC1. The molecule has 0 aliphatic heterocycles. The molecule has 0 unspecified atom stereocenters. The predicted octanol–water partition coefficient (Wildman–Crippen LogP) is 3.46. The number of halogens is 1. The van der Waals surface area contributed by atoms with E-state index in [-0.39, 0.29) is 5.91 Å². The molecule has 0 bridgehead atoms. The molecule has 1 aliphatic rings. The van der Waals surface area contributed by atoms with Gasteiger partial charge in [-0.2, -0.15) is 0 Å². The molecule has 19 heavy (non-hydrogen) atoms. The quantitative estimate of drug-likeness (QED) is 0.923. The van der Waals surface area contributed by atoms with Crippen LogP contribution in [0.15, 0.2) is 34.9 Å². The molecule has 0 saturated heterocycles. The van der Waals surface area contributed by atoms with Crippen molar-refractivity contribution in [1.82, 2.24) is 9.88 Å². The van der Waals surface area contributed by atoms with Crippen molar-refractivity contribution in [2.24, 2.45) is 0 Å². The lowest BCUT2D eigenvalue weighted by molar-refractivity contribution is -0.122. The zero-order chi connectivity index (χ0) is 13.2. The first-order valence-corrected chi connectivity index (χ1v) is 7.55. The van der Waals surface area contributed by atoms with Crippen molar-refractivity contribution in [3.05, 3.63) is 34.9 Å². The number of hydrogen-bond donors (Lipinski definition) is 1. The van der Waals surface area contributed by atoms with Gasteiger partial charge in [-0.25, -0.2) is 0 Å². The minimum absolute atomic E-state index is 0.118. The van der Waals surface area contributed by atoms with E-state index in [4.69, 9.17) is 0 Å². The van der Waals surface area contributed by atoms with Crippen molar-refractivity contribution in [3.8, 4) is 0 Å². The zero-order valence-corrected chi connectivity index (χ0v) is 12.3. The van der Waals surface area contributed by atoms with Crippen molar-refractivity contribution in [2.75, 3.05) is 0 Å². The van der Waals surface area contributed by atoms with E-state index in [9.17, 15) is 4.79 Å². The van der Waals surface area contributed by atoms with Crippen LogP contribution < -0.4 is 5.32 Å². The van der Waals surface area contributed by atoms with Crippen molar-refractivity contribution in [2.45, 2.75) is 38.3 Å². The summed E-state index contributed by atoms with van der Waals surface area (Å²) in [5, 5.41) is 4.28. The molecule has 1 aromatic carbocycles. The van der Waals surface area contributed by atoms with Gasteiger partial charge in [-0.15, -0.1) is 0 Å². The van der Waals surface area contributed by atoms with Crippen molar-refractivity contribution in [1.29, 1.82) is 0 Å². The summed E-state index contributed by atoms with van der Waals surface area (Å²) in [6, 6.07) is 8.56. The summed E-state index contributed by atoms with van der Waals surface area (Å²) in [5.74, 6) is 0.118. The average Bonchev–Trinajstić information content (AvgIpc) is 2.99. The van der Waals surface area contributed by atoms with Gasteiger partial charge in [-0.1, -0.05) is 28.8 Å². The Morgan fingerprint density at radius 1 is 1.32 bits per heavy atom. The summed E-state index contributed by atoms with van der Waals surface area (Å²) in [5.41, 5.74) is 1.10. The highest BCUT2D eigenvalue weighted by molar-refractivity contribution is 9.10. The minimum atomic E-state index is 0.118. The summed E-state index contributed by atoms with van der Waals surface area (Å²) in [6.45, 7) is 0.404. The van der Waals surface area contributed by atoms with Crippen LogP contribution in [0.2, 0.25) is 0 Å². The van der Waals surface area contributed by atoms with E-state index < -0.39 is 0 Å². The van der Waals surface area contributed by atoms with Gasteiger partial charge in [-0.3, -0.25) is 4.79 Å². The Kier molecular flexibility index (Phi) is 3.60. The van der Waals surface area contributed by atoms with Crippen LogP contribution in [0.1, 0.15) is 25.7 Å². The van der Waals surface area contributed by atoms with E-state index >= 15 is 0 Å². The topological polar surface area (TPSA) is 34.0 Å². The molecule has 1 aromatic heterocycles. The molecule has 3 nitrogen and oxygen atoms in total. The van der Waals surface area contributed by atoms with Gasteiger partial charge >= 0.3 is 0 Å². The third kappa shape index (κ3) is 2.84. The van der Waals surface area contributed by atoms with Gasteiger partial charge in [0.2, 0.25) is 5.91 Å². The van der Waals surface area contributed by atoms with Crippen LogP contribution in [0.5, 0.6) is 0 Å². The maximum absolute atomic E-state index is 12.0. The van der Waals surface area contributed by atoms with E-state index in [1.165, 1.54) is 12.8 Å². The van der Waals surface area contributed by atoms with Crippen molar-refractivity contribution >= 4 is 32.7 Å². The lowest BCUT2D eigenvalue weighted by atomic mass is 10.2. The number of aromatic nitrogens is 1. The molecule has 2 aromatic rings. The van der Waals surface area contributed by atoms with Crippen LogP contribution in [-0.2, 0) is 11.3 Å². The highest BCUT2D eigenvalue weighted by atomic mass is 79.9. The Morgan fingerprint density at radius 3 is 2.89 bits per heavy atom. The number of carbonyl (C=O) groups excluding carboxylic acids is 1. The molecule has 100 valence electrons. The highest BCUT2D eigenvalue weighted by Crippen LogP contribution is 2.21. The molecule has 0 spiro atoms. The second kappa shape index (κ2) is 5.37. The van der Waals surface area contributed by atoms with Gasteiger partial charge in [-0.05, 0) is 37.1 Å². The minimum Gasteiger partial charge on any atom is -0.352 e. The Balaban J connectivity index is 1.72. The number of nitrogens with zero attached hydrogens (tertiary/aromatic N) is 1. The molecule has 1 heterocycles. The van der Waals surface area contributed by atoms with E-state index in [0.717, 1.165) is 28.2 Å². The fourth-order valence-electron chi connectivity index (χ4n) is 2.81. The molecule has 1 saturated carbocycles. The summed E-state index contributed by atoms with van der Waals surface area (Å²) in [4.78, 5) is 12.0. The van der Waals surface area contributed by atoms with E-state index in [0.29, 0.717) is 12.6 Å². The Hall–Kier alpha value is -1.29. The van der Waals surface area contributed by atoms with Gasteiger partial charge < -0.3 is 9.88 Å². The van der Waals surface area contributed by atoms with Gasteiger partial charge in [0.1, 0.15) is 6.54 Å².